The number of nitrogens with two attached hydrogens (primary N) is 1. The van der Waals surface area contributed by atoms with Crippen LogP contribution >= 0.6 is 0 Å². The van der Waals surface area contributed by atoms with Crippen molar-refractivity contribution in [3.8, 4) is 0 Å². The summed E-state index contributed by atoms with van der Waals surface area (Å²) >= 11 is 0. The van der Waals surface area contributed by atoms with E-state index in [2.05, 4.69) is 10.1 Å². The second-order valence-electron chi connectivity index (χ2n) is 7.06. The molecule has 8 heteroatoms. The third-order valence-electron chi connectivity index (χ3n) is 5.01. The third kappa shape index (κ3) is 4.16. The molecule has 4 rings (SSSR count). The van der Waals surface area contributed by atoms with Crippen LogP contribution in [0.25, 0.3) is 17.0 Å². The number of hydrogen-bond donors (Lipinski definition) is 1. The van der Waals surface area contributed by atoms with E-state index in [1.807, 2.05) is 6.07 Å². The molecule has 2 aromatic carbocycles. The van der Waals surface area contributed by atoms with E-state index in [1.165, 1.54) is 18.2 Å². The molecule has 1 unspecified atom stereocenters. The van der Waals surface area contributed by atoms with Crippen LogP contribution in [0.3, 0.4) is 0 Å². The molecule has 0 aliphatic carbocycles. The lowest BCUT2D eigenvalue weighted by molar-refractivity contribution is -0.115. The zero-order valence-corrected chi connectivity index (χ0v) is 17.5. The summed E-state index contributed by atoms with van der Waals surface area (Å²) in [4.78, 5) is 16.7. The number of sulfone groups is 1. The Labute approximate surface area is 179 Å². The number of carbonyl (C=O) groups is 1. The SMILES string of the molecule is Cn1ncc2ccc(S(=O)(=O)c3ccc(C(N)C(=O)C=Cc4cccnc4)cc3)cc21. The number of aryl methyl sites for hydroxylation is 1. The van der Waals surface area contributed by atoms with Crippen LogP contribution in [0.1, 0.15) is 17.2 Å². The van der Waals surface area contributed by atoms with Crippen molar-refractivity contribution < 1.29 is 13.2 Å². The van der Waals surface area contributed by atoms with Gasteiger partial charge in [-0.3, -0.25) is 14.5 Å². The summed E-state index contributed by atoms with van der Waals surface area (Å²) in [7, 11) is -1.96. The van der Waals surface area contributed by atoms with Crippen molar-refractivity contribution in [3.05, 3.63) is 90.4 Å². The van der Waals surface area contributed by atoms with Gasteiger partial charge in [-0.2, -0.15) is 5.10 Å². The van der Waals surface area contributed by atoms with Crippen LogP contribution in [-0.2, 0) is 21.7 Å². The zero-order chi connectivity index (χ0) is 22.0. The van der Waals surface area contributed by atoms with Gasteiger partial charge in [-0.25, -0.2) is 8.42 Å². The second kappa shape index (κ2) is 8.25. The topological polar surface area (TPSA) is 108 Å². The van der Waals surface area contributed by atoms with Gasteiger partial charge >= 0.3 is 0 Å². The second-order valence-corrected chi connectivity index (χ2v) is 9.01. The van der Waals surface area contributed by atoms with Gasteiger partial charge in [-0.05, 0) is 59.7 Å². The molecular weight excluding hydrogens is 412 g/mol. The van der Waals surface area contributed by atoms with E-state index < -0.39 is 15.9 Å². The van der Waals surface area contributed by atoms with Gasteiger partial charge in [0, 0.05) is 24.8 Å². The van der Waals surface area contributed by atoms with Crippen LogP contribution < -0.4 is 5.73 Å². The average molecular weight is 433 g/mol. The number of rotatable bonds is 6. The quantitative estimate of drug-likeness (QED) is 0.469. The first-order chi connectivity index (χ1) is 14.9. The molecule has 0 amide bonds. The standard InChI is InChI=1S/C23H20N4O3S/c1-27-21-13-20(10-7-18(21)15-26-27)31(29,30)19-8-5-17(6-9-19)23(24)22(28)11-4-16-3-2-12-25-14-16/h2-15,23H,24H2,1H3. The molecule has 0 spiro atoms. The molecule has 2 N–H and O–H groups in total. The Kier molecular flexibility index (Phi) is 5.50. The van der Waals surface area contributed by atoms with Gasteiger partial charge in [0.1, 0.15) is 0 Å². The first kappa shape index (κ1) is 20.6. The molecule has 2 heterocycles. The molecule has 0 radical (unpaired) electrons. The summed E-state index contributed by atoms with van der Waals surface area (Å²) in [5, 5.41) is 5.00. The summed E-state index contributed by atoms with van der Waals surface area (Å²) < 4.78 is 27.7. The van der Waals surface area contributed by atoms with Crippen molar-refractivity contribution in [2.24, 2.45) is 12.8 Å². The number of aromatic nitrogens is 3. The van der Waals surface area contributed by atoms with Gasteiger partial charge in [0.05, 0.1) is 27.5 Å². The summed E-state index contributed by atoms with van der Waals surface area (Å²) in [6, 6.07) is 13.7. The number of carbonyl (C=O) groups excluding carboxylic acids is 1. The highest BCUT2D eigenvalue weighted by Gasteiger charge is 2.20. The van der Waals surface area contributed by atoms with Crippen LogP contribution in [0, 0.1) is 0 Å². The molecule has 0 aliphatic rings. The van der Waals surface area contributed by atoms with E-state index in [1.54, 1.807) is 72.8 Å². The van der Waals surface area contributed by atoms with E-state index in [4.69, 9.17) is 5.73 Å². The monoisotopic (exact) mass is 432 g/mol. The fraction of sp³-hybridized carbons (Fsp3) is 0.0870. The predicted octanol–water partition coefficient (Wildman–Crippen LogP) is 3.08. The Morgan fingerprint density at radius 2 is 1.81 bits per heavy atom. The first-order valence-electron chi connectivity index (χ1n) is 9.50. The third-order valence-corrected chi connectivity index (χ3v) is 6.78. The van der Waals surface area contributed by atoms with Crippen LogP contribution in [-0.4, -0.2) is 29.0 Å². The normalized spacial score (nSPS) is 13.0. The fourth-order valence-electron chi connectivity index (χ4n) is 3.20. The van der Waals surface area contributed by atoms with E-state index in [0.717, 1.165) is 16.5 Å². The summed E-state index contributed by atoms with van der Waals surface area (Å²) in [6.45, 7) is 0. The Hall–Kier alpha value is -3.62. The fourth-order valence-corrected chi connectivity index (χ4v) is 4.48. The molecule has 0 bridgehead atoms. The summed E-state index contributed by atoms with van der Waals surface area (Å²) in [5.74, 6) is -0.291. The van der Waals surface area contributed by atoms with E-state index in [-0.39, 0.29) is 15.6 Å². The largest absolute Gasteiger partial charge is 0.318 e. The minimum absolute atomic E-state index is 0.128. The maximum Gasteiger partial charge on any atom is 0.206 e. The molecular formula is C23H20N4O3S. The van der Waals surface area contributed by atoms with E-state index in [0.29, 0.717) is 5.56 Å². The lowest BCUT2D eigenvalue weighted by Crippen LogP contribution is -2.19. The summed E-state index contributed by atoms with van der Waals surface area (Å²) in [6.07, 6.45) is 8.01. The van der Waals surface area contributed by atoms with Crippen molar-refractivity contribution >= 4 is 32.6 Å². The number of fused-ring (bicyclic) bond motifs is 1. The molecule has 4 aromatic rings. The maximum absolute atomic E-state index is 13.0. The van der Waals surface area contributed by atoms with Crippen molar-refractivity contribution in [2.75, 3.05) is 0 Å². The van der Waals surface area contributed by atoms with E-state index >= 15 is 0 Å². The van der Waals surface area contributed by atoms with Crippen LogP contribution in [0.2, 0.25) is 0 Å². The number of hydrogen-bond acceptors (Lipinski definition) is 6. The maximum atomic E-state index is 13.0. The Morgan fingerprint density at radius 3 is 2.52 bits per heavy atom. The lowest BCUT2D eigenvalue weighted by atomic mass is 10.0. The van der Waals surface area contributed by atoms with Gasteiger partial charge in [-0.1, -0.05) is 18.2 Å². The van der Waals surface area contributed by atoms with Crippen molar-refractivity contribution in [3.63, 3.8) is 0 Å². The number of pyridine rings is 1. The molecule has 2 aromatic heterocycles. The predicted molar refractivity (Wildman–Crippen MR) is 118 cm³/mol. The number of nitrogens with zero attached hydrogens (tertiary/aromatic N) is 3. The zero-order valence-electron chi connectivity index (χ0n) is 16.7. The Balaban J connectivity index is 1.55. The highest BCUT2D eigenvalue weighted by Crippen LogP contribution is 2.25. The summed E-state index contributed by atoms with van der Waals surface area (Å²) in [5.41, 5.74) is 8.11. The molecule has 0 saturated carbocycles. The molecule has 31 heavy (non-hydrogen) atoms. The van der Waals surface area contributed by atoms with Crippen LogP contribution in [0.4, 0.5) is 0 Å². The molecule has 7 nitrogen and oxygen atoms in total. The van der Waals surface area contributed by atoms with Gasteiger partial charge in [0.25, 0.3) is 0 Å². The molecule has 0 saturated heterocycles. The highest BCUT2D eigenvalue weighted by atomic mass is 32.2. The minimum Gasteiger partial charge on any atom is -0.318 e. The highest BCUT2D eigenvalue weighted by molar-refractivity contribution is 7.91. The molecule has 156 valence electrons. The van der Waals surface area contributed by atoms with Crippen molar-refractivity contribution in [1.29, 1.82) is 0 Å². The van der Waals surface area contributed by atoms with Crippen LogP contribution in [0.15, 0.2) is 89.1 Å². The van der Waals surface area contributed by atoms with Gasteiger partial charge in [0.2, 0.25) is 9.84 Å². The van der Waals surface area contributed by atoms with Crippen molar-refractivity contribution in [1.82, 2.24) is 14.8 Å². The molecule has 0 aliphatic heterocycles. The number of ketones is 1. The van der Waals surface area contributed by atoms with Crippen molar-refractivity contribution in [2.45, 2.75) is 15.8 Å². The Morgan fingerprint density at radius 1 is 1.06 bits per heavy atom. The van der Waals surface area contributed by atoms with E-state index in [9.17, 15) is 13.2 Å². The lowest BCUT2D eigenvalue weighted by Gasteiger charge is -2.10. The van der Waals surface area contributed by atoms with Gasteiger partial charge < -0.3 is 5.73 Å². The molecule has 0 fully saturated rings. The van der Waals surface area contributed by atoms with Gasteiger partial charge in [0.15, 0.2) is 5.78 Å². The number of benzene rings is 2. The smallest absolute Gasteiger partial charge is 0.206 e. The van der Waals surface area contributed by atoms with Gasteiger partial charge in [-0.15, -0.1) is 0 Å². The molecule has 1 atom stereocenters. The Bertz CT molecular complexity index is 1380. The first-order valence-corrected chi connectivity index (χ1v) is 11.0. The minimum atomic E-state index is -3.72. The average Bonchev–Trinajstić information content (AvgIpc) is 3.18. The van der Waals surface area contributed by atoms with Crippen LogP contribution in [0.5, 0.6) is 0 Å².